The molecule has 0 aliphatic rings. The van der Waals surface area contributed by atoms with Crippen LogP contribution in [0.1, 0.15) is 22.3 Å². The summed E-state index contributed by atoms with van der Waals surface area (Å²) in [7, 11) is -3.96. The SMILES string of the molecule is Cc1ccc(S(=O)(=O)N(CC(=O)NCCSCc2ccccc2C)c2ccc(C)c(Cl)c2)cc1. The molecule has 3 rings (SSSR count). The van der Waals surface area contributed by atoms with Crippen molar-refractivity contribution in [3.63, 3.8) is 0 Å². The molecule has 8 heteroatoms. The van der Waals surface area contributed by atoms with Gasteiger partial charge in [-0.25, -0.2) is 8.42 Å². The molecule has 0 atom stereocenters. The van der Waals surface area contributed by atoms with Crippen molar-refractivity contribution in [1.29, 1.82) is 0 Å². The van der Waals surface area contributed by atoms with Gasteiger partial charge in [0.1, 0.15) is 6.54 Å². The normalized spacial score (nSPS) is 11.3. The van der Waals surface area contributed by atoms with Crippen molar-refractivity contribution in [3.8, 4) is 0 Å². The van der Waals surface area contributed by atoms with E-state index >= 15 is 0 Å². The summed E-state index contributed by atoms with van der Waals surface area (Å²) in [5.74, 6) is 1.21. The van der Waals surface area contributed by atoms with E-state index in [1.54, 1.807) is 54.2 Å². The third kappa shape index (κ3) is 6.78. The fraction of sp³-hybridized carbons (Fsp3) is 0.269. The molecule has 0 fully saturated rings. The standard InChI is InChI=1S/C26H29ClN2O3S2/c1-19-8-12-24(13-9-19)34(31,32)29(23-11-10-21(3)25(27)16-23)17-26(30)28-14-15-33-18-22-7-5-4-6-20(22)2/h4-13,16H,14-15,17-18H2,1-3H3,(H,28,30). The lowest BCUT2D eigenvalue weighted by atomic mass is 10.1. The van der Waals surface area contributed by atoms with Crippen LogP contribution >= 0.6 is 23.4 Å². The van der Waals surface area contributed by atoms with Crippen LogP contribution in [0.25, 0.3) is 0 Å². The van der Waals surface area contributed by atoms with E-state index in [-0.39, 0.29) is 17.3 Å². The second-order valence-electron chi connectivity index (χ2n) is 8.09. The molecule has 3 aromatic carbocycles. The van der Waals surface area contributed by atoms with Crippen LogP contribution in [-0.2, 0) is 20.6 Å². The molecule has 0 aliphatic heterocycles. The number of carbonyl (C=O) groups excluding carboxylic acids is 1. The van der Waals surface area contributed by atoms with Crippen LogP contribution in [0.5, 0.6) is 0 Å². The van der Waals surface area contributed by atoms with Gasteiger partial charge < -0.3 is 5.32 Å². The summed E-state index contributed by atoms with van der Waals surface area (Å²) >= 11 is 7.99. The highest BCUT2D eigenvalue weighted by atomic mass is 35.5. The predicted molar refractivity (Wildman–Crippen MR) is 142 cm³/mol. The molecule has 3 aromatic rings. The topological polar surface area (TPSA) is 66.5 Å². The largest absolute Gasteiger partial charge is 0.354 e. The van der Waals surface area contributed by atoms with Crippen LogP contribution < -0.4 is 9.62 Å². The lowest BCUT2D eigenvalue weighted by molar-refractivity contribution is -0.119. The van der Waals surface area contributed by atoms with Crippen molar-refractivity contribution in [2.45, 2.75) is 31.4 Å². The Morgan fingerprint density at radius 3 is 2.35 bits per heavy atom. The van der Waals surface area contributed by atoms with Crippen LogP contribution in [0, 0.1) is 20.8 Å². The van der Waals surface area contributed by atoms with Gasteiger partial charge in [-0.15, -0.1) is 0 Å². The Morgan fingerprint density at radius 1 is 0.971 bits per heavy atom. The molecule has 0 aliphatic carbocycles. The Kier molecular flexibility index (Phi) is 9.05. The number of hydrogen-bond donors (Lipinski definition) is 1. The van der Waals surface area contributed by atoms with Gasteiger partial charge in [-0.1, -0.05) is 59.6 Å². The lowest BCUT2D eigenvalue weighted by Crippen LogP contribution is -2.41. The lowest BCUT2D eigenvalue weighted by Gasteiger charge is -2.24. The number of amides is 1. The van der Waals surface area contributed by atoms with E-state index in [0.29, 0.717) is 17.3 Å². The minimum absolute atomic E-state index is 0.122. The first-order valence-electron chi connectivity index (χ1n) is 10.9. The highest BCUT2D eigenvalue weighted by molar-refractivity contribution is 7.98. The number of hydrogen-bond acceptors (Lipinski definition) is 4. The Morgan fingerprint density at radius 2 is 1.68 bits per heavy atom. The fourth-order valence-corrected chi connectivity index (χ4v) is 5.81. The van der Waals surface area contributed by atoms with Gasteiger partial charge in [0.2, 0.25) is 5.91 Å². The van der Waals surface area contributed by atoms with Crippen LogP contribution in [0.15, 0.2) is 71.6 Å². The molecule has 0 aromatic heterocycles. The van der Waals surface area contributed by atoms with Crippen LogP contribution in [-0.4, -0.2) is 33.2 Å². The first-order chi connectivity index (χ1) is 16.2. The van der Waals surface area contributed by atoms with Crippen molar-refractivity contribution < 1.29 is 13.2 Å². The van der Waals surface area contributed by atoms with E-state index in [2.05, 4.69) is 24.4 Å². The maximum absolute atomic E-state index is 13.4. The highest BCUT2D eigenvalue weighted by Crippen LogP contribution is 2.28. The summed E-state index contributed by atoms with van der Waals surface area (Å²) in [6.07, 6.45) is 0. The number of carbonyl (C=O) groups is 1. The molecule has 0 radical (unpaired) electrons. The molecule has 0 heterocycles. The maximum Gasteiger partial charge on any atom is 0.264 e. The van der Waals surface area contributed by atoms with Crippen LogP contribution in [0.3, 0.4) is 0 Å². The zero-order valence-electron chi connectivity index (χ0n) is 19.5. The van der Waals surface area contributed by atoms with E-state index in [4.69, 9.17) is 11.6 Å². The number of thioether (sulfide) groups is 1. The van der Waals surface area contributed by atoms with E-state index in [0.717, 1.165) is 26.9 Å². The Balaban J connectivity index is 1.68. The van der Waals surface area contributed by atoms with Crippen molar-refractivity contribution >= 4 is 45.0 Å². The predicted octanol–water partition coefficient (Wildman–Crippen LogP) is 5.51. The number of rotatable bonds is 10. The number of nitrogens with one attached hydrogen (secondary N) is 1. The molecule has 0 unspecified atom stereocenters. The summed E-state index contributed by atoms with van der Waals surface area (Å²) in [4.78, 5) is 12.9. The van der Waals surface area contributed by atoms with Gasteiger partial charge in [0.15, 0.2) is 0 Å². The summed E-state index contributed by atoms with van der Waals surface area (Å²) < 4.78 is 28.0. The van der Waals surface area contributed by atoms with Gasteiger partial charge >= 0.3 is 0 Å². The fourth-order valence-electron chi connectivity index (χ4n) is 3.29. The van der Waals surface area contributed by atoms with Gasteiger partial charge in [0, 0.05) is 23.1 Å². The van der Waals surface area contributed by atoms with Crippen molar-refractivity contribution in [1.82, 2.24) is 5.32 Å². The Bertz CT molecular complexity index is 1250. The molecule has 34 heavy (non-hydrogen) atoms. The van der Waals surface area contributed by atoms with E-state index < -0.39 is 10.0 Å². The van der Waals surface area contributed by atoms with E-state index in [9.17, 15) is 13.2 Å². The average Bonchev–Trinajstić information content (AvgIpc) is 2.80. The second kappa shape index (κ2) is 11.8. The molecule has 0 bridgehead atoms. The monoisotopic (exact) mass is 516 g/mol. The van der Waals surface area contributed by atoms with E-state index in [1.807, 2.05) is 26.0 Å². The highest BCUT2D eigenvalue weighted by Gasteiger charge is 2.27. The number of halogens is 1. The average molecular weight is 517 g/mol. The van der Waals surface area contributed by atoms with Gasteiger partial charge in [-0.05, 0) is 61.7 Å². The number of aryl methyl sites for hydroxylation is 3. The minimum Gasteiger partial charge on any atom is -0.354 e. The molecular weight excluding hydrogens is 488 g/mol. The van der Waals surface area contributed by atoms with Gasteiger partial charge in [-0.2, -0.15) is 11.8 Å². The van der Waals surface area contributed by atoms with Gasteiger partial charge in [0.25, 0.3) is 10.0 Å². The molecule has 180 valence electrons. The molecule has 0 spiro atoms. The van der Waals surface area contributed by atoms with Crippen LogP contribution in [0.2, 0.25) is 5.02 Å². The smallest absolute Gasteiger partial charge is 0.264 e. The minimum atomic E-state index is -3.96. The summed E-state index contributed by atoms with van der Waals surface area (Å²) in [6.45, 7) is 5.92. The molecule has 1 amide bonds. The van der Waals surface area contributed by atoms with E-state index in [1.165, 1.54) is 11.1 Å². The first kappa shape index (κ1) is 26.1. The molecule has 1 N–H and O–H groups in total. The van der Waals surface area contributed by atoms with Crippen molar-refractivity contribution in [3.05, 3.63) is 94.0 Å². The zero-order valence-corrected chi connectivity index (χ0v) is 21.9. The van der Waals surface area contributed by atoms with Crippen LogP contribution in [0.4, 0.5) is 5.69 Å². The maximum atomic E-state index is 13.4. The van der Waals surface area contributed by atoms with Gasteiger partial charge in [0.05, 0.1) is 10.6 Å². The number of nitrogens with zero attached hydrogens (tertiary/aromatic N) is 1. The third-order valence-electron chi connectivity index (χ3n) is 5.43. The van der Waals surface area contributed by atoms with Crippen molar-refractivity contribution in [2.75, 3.05) is 23.1 Å². The first-order valence-corrected chi connectivity index (χ1v) is 13.9. The Hall–Kier alpha value is -2.48. The molecule has 0 saturated carbocycles. The van der Waals surface area contributed by atoms with Gasteiger partial charge in [-0.3, -0.25) is 9.10 Å². The van der Waals surface area contributed by atoms with Crippen molar-refractivity contribution in [2.24, 2.45) is 0 Å². The molecule has 5 nitrogen and oxygen atoms in total. The number of sulfonamides is 1. The summed E-state index contributed by atoms with van der Waals surface area (Å²) in [5, 5.41) is 3.28. The number of anilines is 1. The second-order valence-corrected chi connectivity index (χ2v) is 11.5. The Labute approximate surface area is 211 Å². The molecule has 0 saturated heterocycles. The zero-order chi connectivity index (χ0) is 24.7. The number of benzene rings is 3. The third-order valence-corrected chi connectivity index (χ3v) is 8.63. The summed E-state index contributed by atoms with van der Waals surface area (Å²) in [5.41, 5.74) is 4.64. The summed E-state index contributed by atoms with van der Waals surface area (Å²) in [6, 6.07) is 19.8. The quantitative estimate of drug-likeness (QED) is 0.361. The molecular formula is C26H29ClN2O3S2.